The van der Waals surface area contributed by atoms with Gasteiger partial charge in [-0.15, -0.1) is 0 Å². The topological polar surface area (TPSA) is 49.3 Å². The van der Waals surface area contributed by atoms with Crippen molar-refractivity contribution < 1.29 is 9.90 Å². The minimum atomic E-state index is -0.687. The van der Waals surface area contributed by atoms with E-state index >= 15 is 0 Å². The zero-order chi connectivity index (χ0) is 8.81. The molecule has 0 bridgehead atoms. The van der Waals surface area contributed by atoms with Crippen LogP contribution in [0.1, 0.15) is 38.5 Å². The zero-order valence-corrected chi connectivity index (χ0v) is 7.38. The van der Waals surface area contributed by atoms with Gasteiger partial charge in [0.25, 0.3) is 0 Å². The summed E-state index contributed by atoms with van der Waals surface area (Å²) in [5.41, 5.74) is 0. The van der Waals surface area contributed by atoms with E-state index in [4.69, 9.17) is 5.11 Å². The predicted octanol–water partition coefficient (Wildman–Crippen LogP) is 1.38. The molecule has 1 atom stereocenters. The first-order valence-electron chi connectivity index (χ1n) is 4.74. The minimum Gasteiger partial charge on any atom is -0.481 e. The average molecular weight is 171 g/mol. The van der Waals surface area contributed by atoms with Crippen molar-refractivity contribution in [1.82, 2.24) is 5.32 Å². The van der Waals surface area contributed by atoms with Crippen molar-refractivity contribution in [2.45, 2.75) is 44.6 Å². The van der Waals surface area contributed by atoms with Crippen molar-refractivity contribution in [3.8, 4) is 0 Å². The number of hydrogen-bond acceptors (Lipinski definition) is 2. The van der Waals surface area contributed by atoms with E-state index in [0.717, 1.165) is 13.0 Å². The predicted molar refractivity (Wildman–Crippen MR) is 47.1 cm³/mol. The number of aliphatic carboxylic acids is 1. The van der Waals surface area contributed by atoms with Gasteiger partial charge in [0.1, 0.15) is 0 Å². The Bertz CT molecular complexity index is 139. The molecule has 3 nitrogen and oxygen atoms in total. The molecule has 0 unspecified atom stereocenters. The number of hydrogen-bond donors (Lipinski definition) is 2. The zero-order valence-electron chi connectivity index (χ0n) is 7.38. The van der Waals surface area contributed by atoms with Gasteiger partial charge in [0.2, 0.25) is 0 Å². The first-order valence-corrected chi connectivity index (χ1v) is 4.74. The summed E-state index contributed by atoms with van der Waals surface area (Å²) in [5.74, 6) is -0.687. The van der Waals surface area contributed by atoms with E-state index in [1.807, 2.05) is 0 Å². The SMILES string of the molecule is O=C(O)C[C@H]1CCCCCCN1. The molecule has 0 spiro atoms. The van der Waals surface area contributed by atoms with Crippen molar-refractivity contribution in [2.75, 3.05) is 6.54 Å². The fourth-order valence-electron chi connectivity index (χ4n) is 1.66. The van der Waals surface area contributed by atoms with E-state index < -0.39 is 5.97 Å². The number of nitrogens with one attached hydrogen (secondary N) is 1. The van der Waals surface area contributed by atoms with Gasteiger partial charge in [-0.25, -0.2) is 0 Å². The Hall–Kier alpha value is -0.570. The molecule has 70 valence electrons. The van der Waals surface area contributed by atoms with Gasteiger partial charge in [0.15, 0.2) is 0 Å². The Morgan fingerprint density at radius 2 is 2.08 bits per heavy atom. The molecule has 0 aromatic rings. The summed E-state index contributed by atoms with van der Waals surface area (Å²) in [6.45, 7) is 0.984. The van der Waals surface area contributed by atoms with Gasteiger partial charge in [-0.1, -0.05) is 19.3 Å². The van der Waals surface area contributed by atoms with Crippen LogP contribution in [0.25, 0.3) is 0 Å². The molecule has 1 aliphatic heterocycles. The van der Waals surface area contributed by atoms with Crippen molar-refractivity contribution in [1.29, 1.82) is 0 Å². The number of carboxylic acid groups (broad SMARTS) is 1. The highest BCUT2D eigenvalue weighted by atomic mass is 16.4. The minimum absolute atomic E-state index is 0.211. The summed E-state index contributed by atoms with van der Waals surface area (Å²) in [5, 5.41) is 11.9. The highest BCUT2D eigenvalue weighted by Gasteiger charge is 2.13. The average Bonchev–Trinajstić information content (AvgIpc) is 1.93. The van der Waals surface area contributed by atoms with E-state index in [2.05, 4.69) is 5.32 Å². The van der Waals surface area contributed by atoms with Crippen LogP contribution in [0.2, 0.25) is 0 Å². The van der Waals surface area contributed by atoms with Crippen molar-refractivity contribution in [3.63, 3.8) is 0 Å². The summed E-state index contributed by atoms with van der Waals surface area (Å²) in [7, 11) is 0. The molecule has 1 fully saturated rings. The molecule has 2 N–H and O–H groups in total. The molecule has 1 rings (SSSR count). The first kappa shape index (κ1) is 9.52. The Morgan fingerprint density at radius 3 is 2.83 bits per heavy atom. The maximum atomic E-state index is 10.4. The van der Waals surface area contributed by atoms with Gasteiger partial charge in [-0.2, -0.15) is 0 Å². The quantitative estimate of drug-likeness (QED) is 0.660. The van der Waals surface area contributed by atoms with E-state index in [1.165, 1.54) is 25.7 Å². The maximum absolute atomic E-state index is 10.4. The van der Waals surface area contributed by atoms with Crippen LogP contribution in [-0.2, 0) is 4.79 Å². The summed E-state index contributed by atoms with van der Waals surface area (Å²) < 4.78 is 0. The Labute approximate surface area is 73.2 Å². The van der Waals surface area contributed by atoms with Crippen LogP contribution in [0.3, 0.4) is 0 Å². The molecular weight excluding hydrogens is 154 g/mol. The molecule has 12 heavy (non-hydrogen) atoms. The summed E-state index contributed by atoms with van der Waals surface area (Å²) in [4.78, 5) is 10.4. The molecule has 0 amide bonds. The molecule has 0 aromatic carbocycles. The van der Waals surface area contributed by atoms with E-state index in [-0.39, 0.29) is 12.5 Å². The lowest BCUT2D eigenvalue weighted by Gasteiger charge is -2.19. The van der Waals surface area contributed by atoms with Gasteiger partial charge < -0.3 is 10.4 Å². The van der Waals surface area contributed by atoms with E-state index in [0.29, 0.717) is 0 Å². The van der Waals surface area contributed by atoms with Gasteiger partial charge in [-0.05, 0) is 19.4 Å². The summed E-state index contributed by atoms with van der Waals surface area (Å²) in [6, 6.07) is 0.211. The second-order valence-corrected chi connectivity index (χ2v) is 3.45. The van der Waals surface area contributed by atoms with Crippen LogP contribution in [0.4, 0.5) is 0 Å². The lowest BCUT2D eigenvalue weighted by atomic mass is 10.0. The van der Waals surface area contributed by atoms with Gasteiger partial charge in [0, 0.05) is 6.04 Å². The second kappa shape index (κ2) is 5.14. The molecule has 0 radical (unpaired) electrons. The van der Waals surface area contributed by atoms with Crippen LogP contribution < -0.4 is 5.32 Å². The fraction of sp³-hybridized carbons (Fsp3) is 0.889. The van der Waals surface area contributed by atoms with Gasteiger partial charge >= 0.3 is 5.97 Å². The molecule has 1 aliphatic rings. The smallest absolute Gasteiger partial charge is 0.304 e. The number of carboxylic acids is 1. The Morgan fingerprint density at radius 1 is 1.33 bits per heavy atom. The lowest BCUT2D eigenvalue weighted by molar-refractivity contribution is -0.137. The number of rotatable bonds is 2. The van der Waals surface area contributed by atoms with Crippen molar-refractivity contribution in [2.24, 2.45) is 0 Å². The van der Waals surface area contributed by atoms with Crippen LogP contribution in [-0.4, -0.2) is 23.7 Å². The monoisotopic (exact) mass is 171 g/mol. The van der Waals surface area contributed by atoms with Crippen LogP contribution >= 0.6 is 0 Å². The first-order chi connectivity index (χ1) is 5.79. The molecule has 1 saturated heterocycles. The lowest BCUT2D eigenvalue weighted by Crippen LogP contribution is -2.33. The Balaban J connectivity index is 2.24. The van der Waals surface area contributed by atoms with Crippen LogP contribution in [0.5, 0.6) is 0 Å². The van der Waals surface area contributed by atoms with E-state index in [1.54, 1.807) is 0 Å². The highest BCUT2D eigenvalue weighted by Crippen LogP contribution is 2.11. The third-order valence-electron chi connectivity index (χ3n) is 2.33. The number of carbonyl (C=O) groups is 1. The summed E-state index contributed by atoms with van der Waals surface area (Å²) in [6.07, 6.45) is 6.21. The summed E-state index contributed by atoms with van der Waals surface area (Å²) >= 11 is 0. The largest absolute Gasteiger partial charge is 0.481 e. The van der Waals surface area contributed by atoms with E-state index in [9.17, 15) is 4.79 Å². The molecule has 1 heterocycles. The second-order valence-electron chi connectivity index (χ2n) is 3.45. The highest BCUT2D eigenvalue weighted by molar-refractivity contribution is 5.67. The van der Waals surface area contributed by atoms with Crippen LogP contribution in [0, 0.1) is 0 Å². The molecule has 0 aliphatic carbocycles. The molecule has 3 heteroatoms. The van der Waals surface area contributed by atoms with Crippen molar-refractivity contribution in [3.05, 3.63) is 0 Å². The molecule has 0 saturated carbocycles. The van der Waals surface area contributed by atoms with Crippen molar-refractivity contribution >= 4 is 5.97 Å². The third kappa shape index (κ3) is 3.72. The third-order valence-corrected chi connectivity index (χ3v) is 2.33. The molecule has 0 aromatic heterocycles. The fourth-order valence-corrected chi connectivity index (χ4v) is 1.66. The molecular formula is C9H17NO2. The normalized spacial score (nSPS) is 25.8. The van der Waals surface area contributed by atoms with Gasteiger partial charge in [0.05, 0.1) is 6.42 Å². The Kier molecular flexibility index (Phi) is 4.08. The van der Waals surface area contributed by atoms with Crippen LogP contribution in [0.15, 0.2) is 0 Å². The maximum Gasteiger partial charge on any atom is 0.304 e. The standard InChI is InChI=1S/C9H17NO2/c11-9(12)7-8-5-3-1-2-4-6-10-8/h8,10H,1-7H2,(H,11,12)/t8-/m1/s1. The van der Waals surface area contributed by atoms with Gasteiger partial charge in [-0.3, -0.25) is 4.79 Å².